The lowest BCUT2D eigenvalue weighted by atomic mass is 10.1. The van der Waals surface area contributed by atoms with Crippen molar-refractivity contribution in [2.24, 2.45) is 0 Å². The van der Waals surface area contributed by atoms with E-state index in [-0.39, 0.29) is 11.4 Å². The third-order valence-electron chi connectivity index (χ3n) is 3.09. The maximum absolute atomic E-state index is 12.2. The van der Waals surface area contributed by atoms with Gasteiger partial charge in [-0.1, -0.05) is 18.2 Å². The number of hydrogen-bond donors (Lipinski definition) is 0. The van der Waals surface area contributed by atoms with Gasteiger partial charge < -0.3 is 0 Å². The Morgan fingerprint density at radius 1 is 0.900 bits per heavy atom. The van der Waals surface area contributed by atoms with Crippen LogP contribution in [-0.2, 0) is 0 Å². The van der Waals surface area contributed by atoms with E-state index in [2.05, 4.69) is 0 Å². The van der Waals surface area contributed by atoms with Crippen LogP contribution in [0.4, 0.5) is 11.4 Å². The van der Waals surface area contributed by atoms with Crippen LogP contribution in [0.25, 0.3) is 0 Å². The second kappa shape index (κ2) is 4.27. The highest BCUT2D eigenvalue weighted by Crippen LogP contribution is 2.30. The summed E-state index contributed by atoms with van der Waals surface area (Å²) in [6.07, 6.45) is 0. The first-order valence-corrected chi connectivity index (χ1v) is 5.82. The molecule has 0 bridgehead atoms. The number of fused-ring (bicyclic) bond motifs is 1. The zero-order valence-electron chi connectivity index (χ0n) is 10.1. The van der Waals surface area contributed by atoms with Gasteiger partial charge in [0.1, 0.15) is 0 Å². The average molecular weight is 268 g/mol. The minimum atomic E-state index is -0.568. The van der Waals surface area contributed by atoms with Gasteiger partial charge >= 0.3 is 0 Å². The molecule has 0 saturated heterocycles. The molecule has 2 amide bonds. The Morgan fingerprint density at radius 2 is 1.50 bits per heavy atom. The molecule has 2 aromatic rings. The fourth-order valence-electron chi connectivity index (χ4n) is 2.17. The van der Waals surface area contributed by atoms with Crippen LogP contribution in [0.5, 0.6) is 0 Å². The molecule has 1 heterocycles. The van der Waals surface area contributed by atoms with Gasteiger partial charge in [-0.15, -0.1) is 0 Å². The SMILES string of the molecule is O=C1c2ccccc2C(=O)N1c1cccc([N+](=O)[O-])c1. The maximum Gasteiger partial charge on any atom is 0.271 e. The number of nitro groups is 1. The Hall–Kier alpha value is -3.02. The van der Waals surface area contributed by atoms with Crippen LogP contribution in [0, 0.1) is 10.1 Å². The number of imide groups is 1. The van der Waals surface area contributed by atoms with Crippen LogP contribution >= 0.6 is 0 Å². The molecule has 1 aliphatic heterocycles. The topological polar surface area (TPSA) is 80.5 Å². The number of amides is 2. The van der Waals surface area contributed by atoms with Crippen LogP contribution in [-0.4, -0.2) is 16.7 Å². The average Bonchev–Trinajstić information content (AvgIpc) is 2.72. The van der Waals surface area contributed by atoms with Gasteiger partial charge in [0.05, 0.1) is 21.7 Å². The smallest absolute Gasteiger partial charge is 0.268 e. The quantitative estimate of drug-likeness (QED) is 0.476. The Morgan fingerprint density at radius 3 is 2.05 bits per heavy atom. The predicted octanol–water partition coefficient (Wildman–Crippen LogP) is 2.40. The summed E-state index contributed by atoms with van der Waals surface area (Å²) >= 11 is 0. The number of rotatable bonds is 2. The van der Waals surface area contributed by atoms with E-state index in [1.807, 2.05) is 0 Å². The lowest BCUT2D eigenvalue weighted by molar-refractivity contribution is -0.384. The number of carbonyl (C=O) groups excluding carboxylic acids is 2. The van der Waals surface area contributed by atoms with Crippen molar-refractivity contribution < 1.29 is 14.5 Å². The van der Waals surface area contributed by atoms with E-state index in [1.54, 1.807) is 24.3 Å². The number of nitro benzene ring substituents is 1. The van der Waals surface area contributed by atoms with Crippen LogP contribution in [0.2, 0.25) is 0 Å². The number of anilines is 1. The number of hydrogen-bond acceptors (Lipinski definition) is 4. The standard InChI is InChI=1S/C14H8N2O4/c17-13-11-6-1-2-7-12(11)14(18)15(13)9-4-3-5-10(8-9)16(19)20/h1-8H. The summed E-state index contributed by atoms with van der Waals surface area (Å²) in [6, 6.07) is 11.9. The molecule has 3 rings (SSSR count). The highest BCUT2D eigenvalue weighted by atomic mass is 16.6. The lowest BCUT2D eigenvalue weighted by Crippen LogP contribution is -2.29. The normalized spacial score (nSPS) is 13.5. The number of benzene rings is 2. The summed E-state index contributed by atoms with van der Waals surface area (Å²) in [5, 5.41) is 10.8. The molecule has 0 aromatic heterocycles. The molecule has 98 valence electrons. The molecule has 20 heavy (non-hydrogen) atoms. The van der Waals surface area contributed by atoms with Crippen molar-refractivity contribution in [3.8, 4) is 0 Å². The summed E-state index contributed by atoms with van der Waals surface area (Å²) in [6.45, 7) is 0. The molecule has 2 aromatic carbocycles. The van der Waals surface area contributed by atoms with E-state index < -0.39 is 16.7 Å². The van der Waals surface area contributed by atoms with Gasteiger partial charge in [0, 0.05) is 12.1 Å². The molecular formula is C14H8N2O4. The maximum atomic E-state index is 12.2. The van der Waals surface area contributed by atoms with Gasteiger partial charge in [0.2, 0.25) is 0 Å². The minimum Gasteiger partial charge on any atom is -0.268 e. The Labute approximate surface area is 113 Å². The fourth-order valence-corrected chi connectivity index (χ4v) is 2.17. The molecule has 0 N–H and O–H groups in total. The molecule has 0 fully saturated rings. The number of carbonyl (C=O) groups is 2. The third-order valence-corrected chi connectivity index (χ3v) is 3.09. The first-order valence-electron chi connectivity index (χ1n) is 5.82. The second-order valence-corrected chi connectivity index (χ2v) is 4.27. The fraction of sp³-hybridized carbons (Fsp3) is 0. The minimum absolute atomic E-state index is 0.168. The van der Waals surface area contributed by atoms with Gasteiger partial charge in [-0.3, -0.25) is 19.7 Å². The Kier molecular flexibility index (Phi) is 2.57. The molecule has 0 saturated carbocycles. The van der Waals surface area contributed by atoms with Crippen molar-refractivity contribution in [1.29, 1.82) is 0 Å². The molecule has 0 spiro atoms. The van der Waals surface area contributed by atoms with Crippen LogP contribution in [0.1, 0.15) is 20.7 Å². The van der Waals surface area contributed by atoms with E-state index in [1.165, 1.54) is 24.3 Å². The molecule has 0 atom stereocenters. The van der Waals surface area contributed by atoms with Gasteiger partial charge in [-0.05, 0) is 18.2 Å². The summed E-state index contributed by atoms with van der Waals surface area (Å²) < 4.78 is 0. The lowest BCUT2D eigenvalue weighted by Gasteiger charge is -2.13. The molecule has 6 heteroatoms. The second-order valence-electron chi connectivity index (χ2n) is 4.27. The number of non-ortho nitro benzene ring substituents is 1. The van der Waals surface area contributed by atoms with Crippen molar-refractivity contribution in [2.45, 2.75) is 0 Å². The van der Waals surface area contributed by atoms with E-state index in [9.17, 15) is 19.7 Å². The van der Waals surface area contributed by atoms with Crippen LogP contribution < -0.4 is 4.90 Å². The Balaban J connectivity index is 2.09. The van der Waals surface area contributed by atoms with Crippen molar-refractivity contribution in [3.63, 3.8) is 0 Å². The van der Waals surface area contributed by atoms with Gasteiger partial charge in [0.15, 0.2) is 0 Å². The Bertz CT molecular complexity index is 719. The first-order chi connectivity index (χ1) is 9.59. The van der Waals surface area contributed by atoms with Crippen LogP contribution in [0.3, 0.4) is 0 Å². The zero-order chi connectivity index (χ0) is 14.3. The summed E-state index contributed by atoms with van der Waals surface area (Å²) in [5.74, 6) is -0.933. The molecule has 6 nitrogen and oxygen atoms in total. The van der Waals surface area contributed by atoms with Crippen molar-refractivity contribution >= 4 is 23.2 Å². The van der Waals surface area contributed by atoms with E-state index in [0.29, 0.717) is 11.1 Å². The van der Waals surface area contributed by atoms with E-state index in [4.69, 9.17) is 0 Å². The largest absolute Gasteiger partial charge is 0.271 e. The molecule has 1 aliphatic rings. The van der Waals surface area contributed by atoms with Gasteiger partial charge in [-0.25, -0.2) is 4.90 Å². The molecule has 0 unspecified atom stereocenters. The van der Waals surface area contributed by atoms with Gasteiger partial charge in [-0.2, -0.15) is 0 Å². The zero-order valence-corrected chi connectivity index (χ0v) is 10.1. The first kappa shape index (κ1) is 12.0. The number of nitrogens with zero attached hydrogens (tertiary/aromatic N) is 2. The van der Waals surface area contributed by atoms with E-state index >= 15 is 0 Å². The van der Waals surface area contributed by atoms with Crippen molar-refractivity contribution in [2.75, 3.05) is 4.90 Å². The highest BCUT2D eigenvalue weighted by molar-refractivity contribution is 6.34. The molecular weight excluding hydrogens is 260 g/mol. The highest BCUT2D eigenvalue weighted by Gasteiger charge is 2.36. The van der Waals surface area contributed by atoms with Gasteiger partial charge in [0.25, 0.3) is 17.5 Å². The summed E-state index contributed by atoms with van der Waals surface area (Å²) in [4.78, 5) is 35.6. The summed E-state index contributed by atoms with van der Waals surface area (Å²) in [5.41, 5.74) is 0.650. The van der Waals surface area contributed by atoms with Crippen molar-refractivity contribution in [3.05, 3.63) is 69.8 Å². The monoisotopic (exact) mass is 268 g/mol. The third kappa shape index (κ3) is 1.66. The molecule has 0 aliphatic carbocycles. The van der Waals surface area contributed by atoms with Crippen molar-refractivity contribution in [1.82, 2.24) is 0 Å². The predicted molar refractivity (Wildman–Crippen MR) is 70.7 cm³/mol. The van der Waals surface area contributed by atoms with E-state index in [0.717, 1.165) is 4.90 Å². The van der Waals surface area contributed by atoms with Crippen LogP contribution in [0.15, 0.2) is 48.5 Å². The summed E-state index contributed by atoms with van der Waals surface area (Å²) in [7, 11) is 0. The molecule has 0 radical (unpaired) electrons.